The molecule has 0 unspecified atom stereocenters. The summed E-state index contributed by atoms with van der Waals surface area (Å²) in [5, 5.41) is 0.424. The van der Waals surface area contributed by atoms with Gasteiger partial charge >= 0.3 is 5.69 Å². The third-order valence-corrected chi connectivity index (χ3v) is 5.60. The van der Waals surface area contributed by atoms with Crippen LogP contribution in [-0.4, -0.2) is 30.6 Å². The number of benzene rings is 2. The van der Waals surface area contributed by atoms with Gasteiger partial charge in [-0.2, -0.15) is 0 Å². The maximum Gasteiger partial charge on any atom is 0.332 e. The minimum absolute atomic E-state index is 0.0446. The molecule has 4 rings (SSSR count). The van der Waals surface area contributed by atoms with Gasteiger partial charge in [-0.15, -0.1) is 0 Å². The van der Waals surface area contributed by atoms with Gasteiger partial charge in [0.2, 0.25) is 0 Å². The molecular formula is C21H18N4O3S. The number of nitrogens with zero attached hydrogens (tertiary/aromatic N) is 3. The van der Waals surface area contributed by atoms with Gasteiger partial charge in [-0.05, 0) is 11.1 Å². The molecule has 2 aromatic carbocycles. The third-order valence-electron chi connectivity index (χ3n) is 4.73. The predicted octanol–water partition coefficient (Wildman–Crippen LogP) is 2.60. The molecule has 7 nitrogen and oxygen atoms in total. The number of aromatic amines is 1. The van der Waals surface area contributed by atoms with Crippen molar-refractivity contribution < 1.29 is 4.79 Å². The first kappa shape index (κ1) is 18.9. The van der Waals surface area contributed by atoms with Crippen LogP contribution in [0.25, 0.3) is 22.3 Å². The summed E-state index contributed by atoms with van der Waals surface area (Å²) >= 11 is 1.20. The number of carbonyl (C=O) groups excluding carboxylic acids is 1. The molecule has 0 bridgehead atoms. The van der Waals surface area contributed by atoms with E-state index in [2.05, 4.69) is 9.97 Å². The van der Waals surface area contributed by atoms with Crippen molar-refractivity contribution in [2.75, 3.05) is 5.75 Å². The molecule has 4 aromatic rings. The van der Waals surface area contributed by atoms with Crippen LogP contribution in [0.3, 0.4) is 0 Å². The minimum atomic E-state index is -0.444. The van der Waals surface area contributed by atoms with E-state index in [0.717, 1.165) is 15.7 Å². The van der Waals surface area contributed by atoms with Gasteiger partial charge in [0.25, 0.3) is 5.56 Å². The maximum absolute atomic E-state index is 12.5. The number of nitrogens with one attached hydrogen (secondary N) is 1. The van der Waals surface area contributed by atoms with Gasteiger partial charge < -0.3 is 4.98 Å². The van der Waals surface area contributed by atoms with Gasteiger partial charge in [0.15, 0.2) is 22.1 Å². The summed E-state index contributed by atoms with van der Waals surface area (Å²) in [6.45, 7) is 0. The molecule has 0 radical (unpaired) electrons. The van der Waals surface area contributed by atoms with Crippen LogP contribution in [-0.2, 0) is 14.1 Å². The van der Waals surface area contributed by atoms with E-state index in [9.17, 15) is 14.4 Å². The van der Waals surface area contributed by atoms with Crippen molar-refractivity contribution in [1.82, 2.24) is 19.1 Å². The standard InChI is InChI=1S/C21H18N4O3S/c1-24-18-17(19(27)25(2)21(24)28)22-20(23-18)29-12-16(26)15-10-8-14(9-11-15)13-6-4-3-5-7-13/h3-11H,12H2,1-2H3,(H,22,23). The second-order valence-corrected chi connectivity index (χ2v) is 7.57. The van der Waals surface area contributed by atoms with Crippen LogP contribution < -0.4 is 11.2 Å². The molecule has 0 spiro atoms. The molecule has 0 amide bonds. The highest BCUT2D eigenvalue weighted by Crippen LogP contribution is 2.21. The first-order valence-electron chi connectivity index (χ1n) is 8.93. The number of hydrogen-bond donors (Lipinski definition) is 1. The van der Waals surface area contributed by atoms with Crippen molar-refractivity contribution in [2.24, 2.45) is 14.1 Å². The van der Waals surface area contributed by atoms with Crippen LogP contribution in [0, 0.1) is 0 Å². The molecule has 146 valence electrons. The van der Waals surface area contributed by atoms with Gasteiger partial charge in [0.1, 0.15) is 0 Å². The zero-order valence-corrected chi connectivity index (χ0v) is 16.7. The van der Waals surface area contributed by atoms with Crippen LogP contribution in [0.4, 0.5) is 0 Å². The zero-order valence-electron chi connectivity index (χ0n) is 15.9. The molecule has 0 saturated carbocycles. The van der Waals surface area contributed by atoms with Gasteiger partial charge in [0, 0.05) is 19.7 Å². The summed E-state index contributed by atoms with van der Waals surface area (Å²) in [6.07, 6.45) is 0. The fourth-order valence-electron chi connectivity index (χ4n) is 3.07. The fourth-order valence-corrected chi connectivity index (χ4v) is 3.83. The lowest BCUT2D eigenvalue weighted by Crippen LogP contribution is -2.36. The second kappa shape index (κ2) is 7.56. The SMILES string of the molecule is Cn1c(=O)c2[nH]c(SCC(=O)c3ccc(-c4ccccc4)cc3)nc2n(C)c1=O. The molecule has 8 heteroatoms. The number of Topliss-reactive ketones (excluding diaryl/α,β-unsaturated/α-hetero) is 1. The summed E-state index contributed by atoms with van der Waals surface area (Å²) in [7, 11) is 2.97. The molecule has 2 heterocycles. The lowest BCUT2D eigenvalue weighted by atomic mass is 10.0. The zero-order chi connectivity index (χ0) is 20.5. The number of ketones is 1. The minimum Gasteiger partial charge on any atom is -0.327 e. The Morgan fingerprint density at radius 1 is 0.966 bits per heavy atom. The van der Waals surface area contributed by atoms with E-state index in [1.807, 2.05) is 54.6 Å². The molecule has 0 fully saturated rings. The van der Waals surface area contributed by atoms with E-state index in [0.29, 0.717) is 10.7 Å². The Morgan fingerprint density at radius 2 is 1.62 bits per heavy atom. The van der Waals surface area contributed by atoms with Crippen LogP contribution in [0.15, 0.2) is 69.3 Å². The van der Waals surface area contributed by atoms with Crippen LogP contribution >= 0.6 is 11.8 Å². The number of H-pyrrole nitrogens is 1. The summed E-state index contributed by atoms with van der Waals surface area (Å²) in [4.78, 5) is 44.0. The van der Waals surface area contributed by atoms with Crippen LogP contribution in [0.5, 0.6) is 0 Å². The summed E-state index contributed by atoms with van der Waals surface area (Å²) in [6, 6.07) is 17.4. The summed E-state index contributed by atoms with van der Waals surface area (Å²) in [5.74, 6) is 0.121. The Balaban J connectivity index is 1.51. The molecule has 0 atom stereocenters. The van der Waals surface area contributed by atoms with E-state index < -0.39 is 11.2 Å². The highest BCUT2D eigenvalue weighted by Gasteiger charge is 2.15. The largest absolute Gasteiger partial charge is 0.332 e. The van der Waals surface area contributed by atoms with Gasteiger partial charge in [0.05, 0.1) is 5.75 Å². The first-order chi connectivity index (χ1) is 14.0. The van der Waals surface area contributed by atoms with Crippen molar-refractivity contribution in [2.45, 2.75) is 5.16 Å². The predicted molar refractivity (Wildman–Crippen MR) is 114 cm³/mol. The normalized spacial score (nSPS) is 11.1. The average molecular weight is 406 g/mol. The van der Waals surface area contributed by atoms with Gasteiger partial charge in [-0.3, -0.25) is 18.7 Å². The van der Waals surface area contributed by atoms with Crippen molar-refractivity contribution in [3.63, 3.8) is 0 Å². The van der Waals surface area contributed by atoms with E-state index in [1.54, 1.807) is 7.05 Å². The van der Waals surface area contributed by atoms with Crippen molar-refractivity contribution >= 4 is 28.7 Å². The van der Waals surface area contributed by atoms with Crippen molar-refractivity contribution in [3.05, 3.63) is 81.0 Å². The van der Waals surface area contributed by atoms with Gasteiger partial charge in [-0.1, -0.05) is 66.4 Å². The Labute approximate surface area is 170 Å². The molecule has 0 saturated heterocycles. The molecule has 0 aliphatic rings. The van der Waals surface area contributed by atoms with Crippen LogP contribution in [0.1, 0.15) is 10.4 Å². The number of aromatic nitrogens is 4. The Hall–Kier alpha value is -3.39. The summed E-state index contributed by atoms with van der Waals surface area (Å²) < 4.78 is 2.33. The maximum atomic E-state index is 12.5. The monoisotopic (exact) mass is 406 g/mol. The van der Waals surface area contributed by atoms with Gasteiger partial charge in [-0.25, -0.2) is 9.78 Å². The Morgan fingerprint density at radius 3 is 2.31 bits per heavy atom. The second-order valence-electron chi connectivity index (χ2n) is 6.60. The number of imidazole rings is 1. The smallest absolute Gasteiger partial charge is 0.327 e. The van der Waals surface area contributed by atoms with E-state index in [1.165, 1.54) is 23.4 Å². The molecular weight excluding hydrogens is 388 g/mol. The first-order valence-corrected chi connectivity index (χ1v) is 9.91. The van der Waals surface area contributed by atoms with Crippen molar-refractivity contribution in [1.29, 1.82) is 0 Å². The van der Waals surface area contributed by atoms with E-state index in [-0.39, 0.29) is 22.7 Å². The number of fused-ring (bicyclic) bond motifs is 1. The quantitative estimate of drug-likeness (QED) is 0.406. The van der Waals surface area contributed by atoms with Crippen LogP contribution in [0.2, 0.25) is 0 Å². The van der Waals surface area contributed by atoms with E-state index >= 15 is 0 Å². The number of rotatable bonds is 5. The fraction of sp³-hybridized carbons (Fsp3) is 0.143. The summed E-state index contributed by atoms with van der Waals surface area (Å²) in [5.41, 5.74) is 2.39. The number of hydrogen-bond acceptors (Lipinski definition) is 5. The molecule has 0 aliphatic carbocycles. The van der Waals surface area contributed by atoms with E-state index in [4.69, 9.17) is 0 Å². The Kier molecular flexibility index (Phi) is 4.94. The third kappa shape index (κ3) is 3.54. The molecule has 29 heavy (non-hydrogen) atoms. The highest BCUT2D eigenvalue weighted by molar-refractivity contribution is 7.99. The lowest BCUT2D eigenvalue weighted by molar-refractivity contribution is 0.102. The topological polar surface area (TPSA) is 89.8 Å². The number of aryl methyl sites for hydroxylation is 1. The number of carbonyl (C=O) groups is 1. The highest BCUT2D eigenvalue weighted by atomic mass is 32.2. The molecule has 2 aromatic heterocycles. The Bertz CT molecular complexity index is 1320. The average Bonchev–Trinajstić information content (AvgIpc) is 3.20. The lowest BCUT2D eigenvalue weighted by Gasteiger charge is -2.03. The molecule has 1 N–H and O–H groups in total. The molecule has 0 aliphatic heterocycles. The number of thioether (sulfide) groups is 1. The van der Waals surface area contributed by atoms with Crippen molar-refractivity contribution in [3.8, 4) is 11.1 Å².